The van der Waals surface area contributed by atoms with Crippen LogP contribution in [0.1, 0.15) is 22.1 Å². The number of nitrogens with one attached hydrogen (secondary N) is 2. The summed E-state index contributed by atoms with van der Waals surface area (Å²) in [6, 6.07) is 4.07. The van der Waals surface area contributed by atoms with Gasteiger partial charge in [0.15, 0.2) is 17.5 Å². The van der Waals surface area contributed by atoms with Crippen LogP contribution < -0.4 is 5.32 Å². The molecule has 2 heterocycles. The van der Waals surface area contributed by atoms with Gasteiger partial charge in [-0.1, -0.05) is 12.1 Å². The third kappa shape index (κ3) is 2.07. The molecular formula is C13H11F2N3OS. The Bertz CT molecular complexity index is 686. The molecule has 1 amide bonds. The molecule has 0 spiro atoms. The fourth-order valence-corrected chi connectivity index (χ4v) is 3.44. The van der Waals surface area contributed by atoms with Gasteiger partial charge < -0.3 is 5.32 Å². The maximum absolute atomic E-state index is 14.0. The number of aryl methyl sites for hydroxylation is 1. The third-order valence-electron chi connectivity index (χ3n) is 3.16. The first-order valence-corrected chi connectivity index (χ1v) is 7.03. The minimum atomic E-state index is -0.894. The zero-order chi connectivity index (χ0) is 14.3. The maximum atomic E-state index is 14.0. The molecule has 1 aromatic heterocycles. The Balaban J connectivity index is 2.16. The number of aromatic amines is 1. The highest BCUT2D eigenvalue weighted by Gasteiger charge is 2.30. The molecule has 7 heteroatoms. The van der Waals surface area contributed by atoms with Crippen LogP contribution in [-0.2, 0) is 4.79 Å². The first-order valence-electron chi connectivity index (χ1n) is 5.98. The SMILES string of the molecule is Cc1[nH]nc2c1[C@H](c1cccc(F)c1F)SCC(=O)N2. The number of thioether (sulfide) groups is 1. The van der Waals surface area contributed by atoms with Crippen LogP contribution in [-0.4, -0.2) is 21.9 Å². The van der Waals surface area contributed by atoms with Gasteiger partial charge in [-0.2, -0.15) is 5.10 Å². The predicted octanol–water partition coefficient (Wildman–Crippen LogP) is 2.77. The molecule has 0 unspecified atom stereocenters. The number of anilines is 1. The van der Waals surface area contributed by atoms with Crippen LogP contribution in [0.5, 0.6) is 0 Å². The van der Waals surface area contributed by atoms with Gasteiger partial charge >= 0.3 is 0 Å². The van der Waals surface area contributed by atoms with Crippen LogP contribution in [0.3, 0.4) is 0 Å². The van der Waals surface area contributed by atoms with Gasteiger partial charge in [0.1, 0.15) is 0 Å². The van der Waals surface area contributed by atoms with Crippen molar-refractivity contribution in [3.63, 3.8) is 0 Å². The number of hydrogen-bond acceptors (Lipinski definition) is 3. The first-order chi connectivity index (χ1) is 9.58. The smallest absolute Gasteiger partial charge is 0.235 e. The first kappa shape index (κ1) is 13.1. The van der Waals surface area contributed by atoms with E-state index in [0.717, 1.165) is 11.8 Å². The Morgan fingerprint density at radius 1 is 1.40 bits per heavy atom. The van der Waals surface area contributed by atoms with Crippen LogP contribution in [0.25, 0.3) is 0 Å². The number of aromatic nitrogens is 2. The molecule has 2 N–H and O–H groups in total. The van der Waals surface area contributed by atoms with Gasteiger partial charge in [0, 0.05) is 16.8 Å². The topological polar surface area (TPSA) is 57.8 Å². The zero-order valence-corrected chi connectivity index (χ0v) is 11.4. The van der Waals surface area contributed by atoms with Crippen molar-refractivity contribution < 1.29 is 13.6 Å². The van der Waals surface area contributed by atoms with Gasteiger partial charge in [-0.15, -0.1) is 11.8 Å². The number of rotatable bonds is 1. The van der Waals surface area contributed by atoms with Gasteiger partial charge in [-0.05, 0) is 13.0 Å². The van der Waals surface area contributed by atoms with Crippen LogP contribution in [0.15, 0.2) is 18.2 Å². The Morgan fingerprint density at radius 3 is 3.00 bits per heavy atom. The summed E-state index contributed by atoms with van der Waals surface area (Å²) < 4.78 is 27.4. The quantitative estimate of drug-likeness (QED) is 0.850. The molecule has 3 rings (SSSR count). The van der Waals surface area contributed by atoms with E-state index in [9.17, 15) is 13.6 Å². The molecule has 0 saturated carbocycles. The lowest BCUT2D eigenvalue weighted by Crippen LogP contribution is -2.12. The van der Waals surface area contributed by atoms with E-state index in [4.69, 9.17) is 0 Å². The van der Waals surface area contributed by atoms with Gasteiger partial charge in [-0.3, -0.25) is 9.89 Å². The molecule has 0 bridgehead atoms. The lowest BCUT2D eigenvalue weighted by molar-refractivity contribution is -0.113. The Morgan fingerprint density at radius 2 is 2.20 bits per heavy atom. The molecule has 104 valence electrons. The molecule has 1 atom stereocenters. The lowest BCUT2D eigenvalue weighted by Gasteiger charge is -2.16. The molecule has 0 saturated heterocycles. The molecule has 2 aromatic rings. The number of H-pyrrole nitrogens is 1. The predicted molar refractivity (Wildman–Crippen MR) is 72.6 cm³/mol. The van der Waals surface area contributed by atoms with E-state index in [1.54, 1.807) is 6.92 Å². The summed E-state index contributed by atoms with van der Waals surface area (Å²) in [6.45, 7) is 1.79. The minimum Gasteiger partial charge on any atom is -0.308 e. The van der Waals surface area contributed by atoms with Gasteiger partial charge in [0.25, 0.3) is 0 Å². The van der Waals surface area contributed by atoms with E-state index >= 15 is 0 Å². The fourth-order valence-electron chi connectivity index (χ4n) is 2.23. The van der Waals surface area contributed by atoms with Gasteiger partial charge in [-0.25, -0.2) is 8.78 Å². The average Bonchev–Trinajstić information content (AvgIpc) is 2.68. The molecule has 0 aliphatic carbocycles. The van der Waals surface area contributed by atoms with Crippen molar-refractivity contribution in [3.05, 3.63) is 46.7 Å². The summed E-state index contributed by atoms with van der Waals surface area (Å²) in [7, 11) is 0. The molecule has 1 aromatic carbocycles. The summed E-state index contributed by atoms with van der Waals surface area (Å²) >= 11 is 1.25. The summed E-state index contributed by atoms with van der Waals surface area (Å²) in [5.41, 5.74) is 1.63. The van der Waals surface area contributed by atoms with Crippen molar-refractivity contribution in [3.8, 4) is 0 Å². The minimum absolute atomic E-state index is 0.163. The highest BCUT2D eigenvalue weighted by molar-refractivity contribution is 8.00. The molecule has 4 nitrogen and oxygen atoms in total. The second-order valence-corrected chi connectivity index (χ2v) is 5.59. The number of benzene rings is 1. The Kier molecular flexibility index (Phi) is 3.21. The van der Waals surface area contributed by atoms with E-state index in [1.165, 1.54) is 23.9 Å². The number of carbonyl (C=O) groups is 1. The van der Waals surface area contributed by atoms with Crippen molar-refractivity contribution >= 4 is 23.5 Å². The Labute approximate surface area is 118 Å². The van der Waals surface area contributed by atoms with Crippen molar-refractivity contribution in [1.29, 1.82) is 0 Å². The van der Waals surface area contributed by atoms with E-state index < -0.39 is 16.9 Å². The number of amides is 1. The molecule has 0 fully saturated rings. The van der Waals surface area contributed by atoms with E-state index in [2.05, 4.69) is 15.5 Å². The van der Waals surface area contributed by atoms with Crippen molar-refractivity contribution in [1.82, 2.24) is 10.2 Å². The van der Waals surface area contributed by atoms with E-state index in [1.807, 2.05) is 0 Å². The molecule has 1 aliphatic rings. The monoisotopic (exact) mass is 295 g/mol. The normalized spacial score (nSPS) is 18.4. The average molecular weight is 295 g/mol. The van der Waals surface area contributed by atoms with Gasteiger partial charge in [0.2, 0.25) is 5.91 Å². The van der Waals surface area contributed by atoms with Crippen LogP contribution in [0.2, 0.25) is 0 Å². The van der Waals surface area contributed by atoms with Crippen LogP contribution >= 0.6 is 11.8 Å². The number of nitrogens with zero attached hydrogens (tertiary/aromatic N) is 1. The third-order valence-corrected chi connectivity index (χ3v) is 4.41. The standard InChI is InChI=1S/C13H11F2N3OS/c1-6-10-12(7-3-2-4-8(14)11(7)15)20-5-9(19)16-13(10)18-17-6/h2-4,12H,5H2,1H3,(H2,16,17,18,19)/t12-/m0/s1. The number of hydrogen-bond donors (Lipinski definition) is 2. The second kappa shape index (κ2) is 4.90. The van der Waals surface area contributed by atoms with Crippen LogP contribution in [0.4, 0.5) is 14.6 Å². The molecule has 20 heavy (non-hydrogen) atoms. The molecule has 0 radical (unpaired) electrons. The number of carbonyl (C=O) groups excluding carboxylic acids is 1. The zero-order valence-electron chi connectivity index (χ0n) is 10.5. The van der Waals surface area contributed by atoms with E-state index in [-0.39, 0.29) is 17.2 Å². The Hall–Kier alpha value is -1.89. The second-order valence-electron chi connectivity index (χ2n) is 4.49. The lowest BCUT2D eigenvalue weighted by atomic mass is 10.0. The summed E-state index contributed by atoms with van der Waals surface area (Å²) in [5.74, 6) is -1.44. The van der Waals surface area contributed by atoms with E-state index in [0.29, 0.717) is 11.4 Å². The van der Waals surface area contributed by atoms with Crippen molar-refractivity contribution in [2.45, 2.75) is 12.2 Å². The largest absolute Gasteiger partial charge is 0.308 e. The molecule has 1 aliphatic heterocycles. The summed E-state index contributed by atoms with van der Waals surface area (Å²) in [4.78, 5) is 11.6. The summed E-state index contributed by atoms with van der Waals surface area (Å²) in [5, 5.41) is 8.96. The summed E-state index contributed by atoms with van der Waals surface area (Å²) in [6.07, 6.45) is 0. The maximum Gasteiger partial charge on any atom is 0.235 e. The van der Waals surface area contributed by atoms with Crippen LogP contribution in [0, 0.1) is 18.6 Å². The highest BCUT2D eigenvalue weighted by Crippen LogP contribution is 2.43. The van der Waals surface area contributed by atoms with Crippen molar-refractivity contribution in [2.75, 3.05) is 11.1 Å². The van der Waals surface area contributed by atoms with Crippen molar-refractivity contribution in [2.24, 2.45) is 0 Å². The number of halogens is 2. The fraction of sp³-hybridized carbons (Fsp3) is 0.231. The molecular weight excluding hydrogens is 284 g/mol. The highest BCUT2D eigenvalue weighted by atomic mass is 32.2. The number of fused-ring (bicyclic) bond motifs is 1. The van der Waals surface area contributed by atoms with Gasteiger partial charge in [0.05, 0.1) is 11.0 Å².